The second kappa shape index (κ2) is 6.26. The molecule has 0 unspecified atom stereocenters. The molecule has 0 bridgehead atoms. The van der Waals surface area contributed by atoms with Crippen LogP contribution in [0.15, 0.2) is 30.3 Å². The van der Waals surface area contributed by atoms with E-state index in [9.17, 15) is 0 Å². The van der Waals surface area contributed by atoms with Crippen molar-refractivity contribution < 1.29 is 4.74 Å². The van der Waals surface area contributed by atoms with Crippen LogP contribution in [0.3, 0.4) is 0 Å². The summed E-state index contributed by atoms with van der Waals surface area (Å²) in [4.78, 5) is 6.24. The van der Waals surface area contributed by atoms with E-state index in [0.717, 1.165) is 38.2 Å². The lowest BCUT2D eigenvalue weighted by Crippen LogP contribution is -2.34. The lowest BCUT2D eigenvalue weighted by molar-refractivity contribution is 0.0630. The van der Waals surface area contributed by atoms with Crippen LogP contribution < -0.4 is 5.73 Å². The molecule has 1 aromatic heterocycles. The predicted molar refractivity (Wildman–Crippen MR) is 86.9 cm³/mol. The van der Waals surface area contributed by atoms with Gasteiger partial charge in [-0.15, -0.1) is 11.3 Å². The Bertz CT molecular complexity index is 588. The summed E-state index contributed by atoms with van der Waals surface area (Å²) in [5.41, 5.74) is 8.24. The van der Waals surface area contributed by atoms with E-state index in [-0.39, 0.29) is 5.41 Å². The van der Waals surface area contributed by atoms with E-state index < -0.39 is 0 Å². The molecule has 2 heterocycles. The van der Waals surface area contributed by atoms with Gasteiger partial charge in [-0.2, -0.15) is 0 Å². The minimum Gasteiger partial charge on any atom is -0.381 e. The van der Waals surface area contributed by atoms with Gasteiger partial charge in [0.2, 0.25) is 0 Å². The number of nitrogens with zero attached hydrogens (tertiary/aromatic N) is 1. The molecule has 3 nitrogen and oxygen atoms in total. The summed E-state index contributed by atoms with van der Waals surface area (Å²) in [7, 11) is 0. The van der Waals surface area contributed by atoms with Gasteiger partial charge in [-0.25, -0.2) is 4.98 Å². The molecule has 4 heteroatoms. The SMILES string of the molecule is Cc1nc(C2(c3ccccc3)CCOCC2)sc1CCN. The normalized spacial score (nSPS) is 17.8. The highest BCUT2D eigenvalue weighted by molar-refractivity contribution is 7.12. The third kappa shape index (κ3) is 2.76. The number of ether oxygens (including phenoxy) is 1. The monoisotopic (exact) mass is 302 g/mol. The molecule has 112 valence electrons. The molecule has 1 aliphatic heterocycles. The molecule has 0 atom stereocenters. The maximum Gasteiger partial charge on any atom is 0.104 e. The van der Waals surface area contributed by atoms with Gasteiger partial charge in [0.25, 0.3) is 0 Å². The highest BCUT2D eigenvalue weighted by Gasteiger charge is 2.39. The summed E-state index contributed by atoms with van der Waals surface area (Å²) in [6, 6.07) is 10.8. The van der Waals surface area contributed by atoms with E-state index >= 15 is 0 Å². The molecular formula is C17H22N2OS. The van der Waals surface area contributed by atoms with Crippen molar-refractivity contribution in [3.63, 3.8) is 0 Å². The summed E-state index contributed by atoms with van der Waals surface area (Å²) in [5.74, 6) is 0. The zero-order chi connectivity index (χ0) is 14.7. The summed E-state index contributed by atoms with van der Waals surface area (Å²) in [6.07, 6.45) is 2.93. The lowest BCUT2D eigenvalue weighted by atomic mass is 9.74. The molecule has 1 aromatic carbocycles. The van der Waals surface area contributed by atoms with Crippen molar-refractivity contribution in [2.75, 3.05) is 19.8 Å². The van der Waals surface area contributed by atoms with E-state index in [2.05, 4.69) is 37.3 Å². The number of hydrogen-bond donors (Lipinski definition) is 1. The molecular weight excluding hydrogens is 280 g/mol. The van der Waals surface area contributed by atoms with Gasteiger partial charge in [-0.3, -0.25) is 0 Å². The van der Waals surface area contributed by atoms with Crippen LogP contribution in [-0.4, -0.2) is 24.7 Å². The van der Waals surface area contributed by atoms with Crippen molar-refractivity contribution >= 4 is 11.3 Å². The number of aryl methyl sites for hydroxylation is 1. The van der Waals surface area contributed by atoms with Gasteiger partial charge < -0.3 is 10.5 Å². The predicted octanol–water partition coefficient (Wildman–Crippen LogP) is 3.05. The van der Waals surface area contributed by atoms with E-state index in [1.165, 1.54) is 15.4 Å². The molecule has 3 rings (SSSR count). The van der Waals surface area contributed by atoms with Crippen LogP contribution in [0.25, 0.3) is 0 Å². The first-order valence-electron chi connectivity index (χ1n) is 7.56. The van der Waals surface area contributed by atoms with Crippen molar-refractivity contribution in [3.8, 4) is 0 Å². The molecule has 2 aromatic rings. The number of aromatic nitrogens is 1. The van der Waals surface area contributed by atoms with Crippen LogP contribution in [0.2, 0.25) is 0 Å². The molecule has 2 N–H and O–H groups in total. The average Bonchev–Trinajstić information content (AvgIpc) is 2.91. The number of thiazole rings is 1. The second-order valence-corrected chi connectivity index (χ2v) is 6.71. The zero-order valence-electron chi connectivity index (χ0n) is 12.5. The zero-order valence-corrected chi connectivity index (χ0v) is 13.3. The van der Waals surface area contributed by atoms with Gasteiger partial charge >= 0.3 is 0 Å². The molecule has 1 fully saturated rings. The highest BCUT2D eigenvalue weighted by Crippen LogP contribution is 2.43. The van der Waals surface area contributed by atoms with Crippen LogP contribution in [0.5, 0.6) is 0 Å². The molecule has 0 saturated carbocycles. The number of rotatable bonds is 4. The van der Waals surface area contributed by atoms with Crippen molar-refractivity contribution in [2.24, 2.45) is 5.73 Å². The maximum atomic E-state index is 5.72. The van der Waals surface area contributed by atoms with Gasteiger partial charge in [-0.05, 0) is 38.3 Å². The van der Waals surface area contributed by atoms with E-state index in [1.54, 1.807) is 0 Å². The molecule has 0 spiro atoms. The Kier molecular flexibility index (Phi) is 4.38. The number of nitrogens with two attached hydrogens (primary N) is 1. The molecule has 1 aliphatic rings. The largest absolute Gasteiger partial charge is 0.381 e. The Labute approximate surface area is 130 Å². The molecule has 0 radical (unpaired) electrons. The van der Waals surface area contributed by atoms with Crippen LogP contribution in [0.4, 0.5) is 0 Å². The maximum absolute atomic E-state index is 5.72. The molecule has 21 heavy (non-hydrogen) atoms. The van der Waals surface area contributed by atoms with Crippen molar-refractivity contribution in [1.29, 1.82) is 0 Å². The molecule has 0 amide bonds. The quantitative estimate of drug-likeness (QED) is 0.944. The van der Waals surface area contributed by atoms with Crippen molar-refractivity contribution in [3.05, 3.63) is 51.5 Å². The standard InChI is InChI=1S/C17H22N2OS/c1-13-15(7-10-18)21-16(19-13)17(8-11-20-12-9-17)14-5-3-2-4-6-14/h2-6H,7-12,18H2,1H3. The number of benzene rings is 1. The highest BCUT2D eigenvalue weighted by atomic mass is 32.1. The first kappa shape index (κ1) is 14.7. The first-order chi connectivity index (χ1) is 10.3. The third-order valence-corrected chi connectivity index (χ3v) is 5.77. The van der Waals surface area contributed by atoms with Gasteiger partial charge in [0, 0.05) is 18.1 Å². The van der Waals surface area contributed by atoms with Crippen LogP contribution in [0.1, 0.15) is 34.0 Å². The van der Waals surface area contributed by atoms with E-state index in [1.807, 2.05) is 11.3 Å². The average molecular weight is 302 g/mol. The van der Waals surface area contributed by atoms with Gasteiger partial charge in [-0.1, -0.05) is 30.3 Å². The minimum absolute atomic E-state index is 0.0157. The van der Waals surface area contributed by atoms with Crippen LogP contribution >= 0.6 is 11.3 Å². The van der Waals surface area contributed by atoms with Gasteiger partial charge in [0.1, 0.15) is 5.01 Å². The second-order valence-electron chi connectivity index (χ2n) is 5.63. The Morgan fingerprint density at radius 2 is 1.95 bits per heavy atom. The fourth-order valence-corrected chi connectivity index (χ4v) is 4.45. The number of hydrogen-bond acceptors (Lipinski definition) is 4. The summed E-state index contributed by atoms with van der Waals surface area (Å²) < 4.78 is 5.61. The fourth-order valence-electron chi connectivity index (χ4n) is 3.10. The first-order valence-corrected chi connectivity index (χ1v) is 8.38. The Morgan fingerprint density at radius 1 is 1.24 bits per heavy atom. The van der Waals surface area contributed by atoms with Gasteiger partial charge in [0.05, 0.1) is 11.1 Å². The van der Waals surface area contributed by atoms with Crippen molar-refractivity contribution in [1.82, 2.24) is 4.98 Å². The van der Waals surface area contributed by atoms with E-state index in [4.69, 9.17) is 15.5 Å². The fraction of sp³-hybridized carbons (Fsp3) is 0.471. The van der Waals surface area contributed by atoms with Crippen molar-refractivity contribution in [2.45, 2.75) is 31.6 Å². The Balaban J connectivity index is 2.05. The van der Waals surface area contributed by atoms with Crippen LogP contribution in [-0.2, 0) is 16.6 Å². The van der Waals surface area contributed by atoms with E-state index in [0.29, 0.717) is 6.54 Å². The summed E-state index contributed by atoms with van der Waals surface area (Å²) in [6.45, 7) is 4.40. The molecule has 1 saturated heterocycles. The third-order valence-electron chi connectivity index (χ3n) is 4.35. The smallest absolute Gasteiger partial charge is 0.104 e. The van der Waals surface area contributed by atoms with Crippen LogP contribution in [0, 0.1) is 6.92 Å². The Hall–Kier alpha value is -1.23. The summed E-state index contributed by atoms with van der Waals surface area (Å²) in [5, 5.41) is 1.23. The summed E-state index contributed by atoms with van der Waals surface area (Å²) >= 11 is 1.84. The van der Waals surface area contributed by atoms with Gasteiger partial charge in [0.15, 0.2) is 0 Å². The topological polar surface area (TPSA) is 48.1 Å². The molecule has 0 aliphatic carbocycles. The minimum atomic E-state index is 0.0157. The lowest BCUT2D eigenvalue weighted by Gasteiger charge is -2.36. The Morgan fingerprint density at radius 3 is 2.62 bits per heavy atom.